The van der Waals surface area contributed by atoms with Crippen molar-refractivity contribution in [2.45, 2.75) is 20.3 Å². The van der Waals surface area contributed by atoms with Crippen molar-refractivity contribution in [2.24, 2.45) is 0 Å². The zero-order chi connectivity index (χ0) is 20.8. The molecule has 1 saturated heterocycles. The summed E-state index contributed by atoms with van der Waals surface area (Å²) in [4.78, 5) is 28.9. The van der Waals surface area contributed by atoms with Crippen LogP contribution in [-0.4, -0.2) is 61.4 Å². The van der Waals surface area contributed by atoms with E-state index in [4.69, 9.17) is 4.74 Å². The van der Waals surface area contributed by atoms with Gasteiger partial charge in [-0.3, -0.25) is 14.5 Å². The molecule has 6 heteroatoms. The van der Waals surface area contributed by atoms with Gasteiger partial charge in [-0.2, -0.15) is 0 Å². The molecule has 3 rings (SSSR count). The predicted molar refractivity (Wildman–Crippen MR) is 114 cm³/mol. The number of methoxy groups -OCH3 is 1. The first-order chi connectivity index (χ1) is 13.9. The van der Waals surface area contributed by atoms with E-state index in [1.807, 2.05) is 61.2 Å². The van der Waals surface area contributed by atoms with Gasteiger partial charge in [-0.1, -0.05) is 35.4 Å². The van der Waals surface area contributed by atoms with Gasteiger partial charge in [0.25, 0.3) is 0 Å². The van der Waals surface area contributed by atoms with Gasteiger partial charge in [0.1, 0.15) is 5.75 Å². The highest BCUT2D eigenvalue weighted by atomic mass is 16.5. The second kappa shape index (κ2) is 9.56. The van der Waals surface area contributed by atoms with Crippen LogP contribution in [0.2, 0.25) is 0 Å². The molecule has 0 aliphatic carbocycles. The van der Waals surface area contributed by atoms with Crippen molar-refractivity contribution in [3.05, 3.63) is 59.2 Å². The Labute approximate surface area is 172 Å². The summed E-state index contributed by atoms with van der Waals surface area (Å²) in [5.74, 6) is 0.811. The largest absolute Gasteiger partial charge is 0.496 e. The number of anilines is 1. The van der Waals surface area contributed by atoms with E-state index < -0.39 is 0 Å². The molecule has 1 aliphatic rings. The van der Waals surface area contributed by atoms with Crippen molar-refractivity contribution < 1.29 is 14.3 Å². The number of nitrogens with one attached hydrogen (secondary N) is 1. The maximum absolute atomic E-state index is 12.7. The quantitative estimate of drug-likeness (QED) is 0.817. The molecular weight excluding hydrogens is 366 g/mol. The third-order valence-electron chi connectivity index (χ3n) is 5.21. The van der Waals surface area contributed by atoms with E-state index in [-0.39, 0.29) is 11.8 Å². The summed E-state index contributed by atoms with van der Waals surface area (Å²) in [5, 5.41) is 2.93. The Morgan fingerprint density at radius 1 is 0.966 bits per heavy atom. The summed E-state index contributed by atoms with van der Waals surface area (Å²) in [5.41, 5.74) is 3.99. The molecule has 1 heterocycles. The fraction of sp³-hybridized carbons (Fsp3) is 0.391. The third kappa shape index (κ3) is 5.81. The number of amides is 2. The summed E-state index contributed by atoms with van der Waals surface area (Å²) >= 11 is 0. The molecular formula is C23H29N3O3. The van der Waals surface area contributed by atoms with Gasteiger partial charge in [0.2, 0.25) is 11.8 Å². The first-order valence-corrected chi connectivity index (χ1v) is 9.95. The molecule has 2 amide bonds. The molecule has 6 nitrogen and oxygen atoms in total. The minimum atomic E-state index is -0.0295. The molecule has 154 valence electrons. The van der Waals surface area contributed by atoms with Crippen molar-refractivity contribution in [1.29, 1.82) is 0 Å². The lowest BCUT2D eigenvalue weighted by Crippen LogP contribution is -2.50. The third-order valence-corrected chi connectivity index (χ3v) is 5.21. The Balaban J connectivity index is 1.47. The van der Waals surface area contributed by atoms with E-state index in [2.05, 4.69) is 10.2 Å². The van der Waals surface area contributed by atoms with Crippen LogP contribution in [-0.2, 0) is 16.0 Å². The molecule has 1 N–H and O–H groups in total. The van der Waals surface area contributed by atoms with Crippen LogP contribution in [0.15, 0.2) is 42.5 Å². The molecule has 0 saturated carbocycles. The highest BCUT2D eigenvalue weighted by Crippen LogP contribution is 2.21. The normalized spacial score (nSPS) is 14.5. The Kier molecular flexibility index (Phi) is 6.88. The molecule has 0 unspecified atom stereocenters. The lowest BCUT2D eigenvalue weighted by atomic mass is 10.1. The van der Waals surface area contributed by atoms with E-state index in [0.29, 0.717) is 39.1 Å². The molecule has 0 bridgehead atoms. The van der Waals surface area contributed by atoms with Gasteiger partial charge in [-0.15, -0.1) is 0 Å². The molecule has 2 aromatic rings. The van der Waals surface area contributed by atoms with Crippen LogP contribution >= 0.6 is 0 Å². The molecule has 0 spiro atoms. The molecule has 0 radical (unpaired) electrons. The fourth-order valence-electron chi connectivity index (χ4n) is 3.52. The fourth-order valence-corrected chi connectivity index (χ4v) is 3.52. The smallest absolute Gasteiger partial charge is 0.238 e. The van der Waals surface area contributed by atoms with E-state index in [1.165, 1.54) is 0 Å². The van der Waals surface area contributed by atoms with Gasteiger partial charge < -0.3 is 15.0 Å². The summed E-state index contributed by atoms with van der Waals surface area (Å²) in [7, 11) is 1.62. The van der Waals surface area contributed by atoms with Crippen molar-refractivity contribution in [1.82, 2.24) is 9.80 Å². The first-order valence-electron chi connectivity index (χ1n) is 9.95. The molecule has 0 aromatic heterocycles. The Morgan fingerprint density at radius 2 is 1.62 bits per heavy atom. The monoisotopic (exact) mass is 395 g/mol. The van der Waals surface area contributed by atoms with Gasteiger partial charge in [-0.05, 0) is 32.0 Å². The number of piperazine rings is 1. The van der Waals surface area contributed by atoms with Crippen molar-refractivity contribution in [3.8, 4) is 5.75 Å². The highest BCUT2D eigenvalue weighted by molar-refractivity contribution is 5.92. The minimum absolute atomic E-state index is 0.0295. The molecule has 2 aromatic carbocycles. The topological polar surface area (TPSA) is 61.9 Å². The zero-order valence-electron chi connectivity index (χ0n) is 17.4. The van der Waals surface area contributed by atoms with Gasteiger partial charge in [-0.25, -0.2) is 0 Å². The molecule has 29 heavy (non-hydrogen) atoms. The average Bonchev–Trinajstić information content (AvgIpc) is 2.70. The molecule has 1 aliphatic heterocycles. The number of rotatable bonds is 6. The zero-order valence-corrected chi connectivity index (χ0v) is 17.4. The van der Waals surface area contributed by atoms with Crippen LogP contribution in [0.25, 0.3) is 0 Å². The number of ether oxygens (including phenoxy) is 1. The van der Waals surface area contributed by atoms with E-state index in [0.717, 1.165) is 28.1 Å². The average molecular weight is 396 g/mol. The first kappa shape index (κ1) is 20.9. The van der Waals surface area contributed by atoms with Crippen LogP contribution in [0, 0.1) is 13.8 Å². The summed E-state index contributed by atoms with van der Waals surface area (Å²) < 4.78 is 5.38. The van der Waals surface area contributed by atoms with Gasteiger partial charge in [0.15, 0.2) is 0 Å². The SMILES string of the molecule is COc1ccc(C)cc1CC(=O)N1CCN(CC(=O)Nc2ccc(C)cc2)CC1. The Bertz CT molecular complexity index is 856. The molecule has 0 atom stereocenters. The van der Waals surface area contributed by atoms with Crippen molar-refractivity contribution in [3.63, 3.8) is 0 Å². The number of nitrogens with zero attached hydrogens (tertiary/aromatic N) is 2. The van der Waals surface area contributed by atoms with E-state index in [1.54, 1.807) is 7.11 Å². The van der Waals surface area contributed by atoms with Crippen molar-refractivity contribution >= 4 is 17.5 Å². The summed E-state index contributed by atoms with van der Waals surface area (Å²) in [6, 6.07) is 13.7. The maximum Gasteiger partial charge on any atom is 0.238 e. The highest BCUT2D eigenvalue weighted by Gasteiger charge is 2.23. The van der Waals surface area contributed by atoms with Crippen LogP contribution in [0.4, 0.5) is 5.69 Å². The Hall–Kier alpha value is -2.86. The molecule has 1 fully saturated rings. The van der Waals surface area contributed by atoms with Crippen LogP contribution < -0.4 is 10.1 Å². The van der Waals surface area contributed by atoms with Crippen LogP contribution in [0.3, 0.4) is 0 Å². The van der Waals surface area contributed by atoms with Gasteiger partial charge in [0, 0.05) is 37.4 Å². The number of hydrogen-bond acceptors (Lipinski definition) is 4. The predicted octanol–water partition coefficient (Wildman–Crippen LogP) is 2.64. The van der Waals surface area contributed by atoms with Crippen LogP contribution in [0.1, 0.15) is 16.7 Å². The number of carbonyl (C=O) groups excluding carboxylic acids is 2. The minimum Gasteiger partial charge on any atom is -0.496 e. The van der Waals surface area contributed by atoms with Gasteiger partial charge >= 0.3 is 0 Å². The standard InChI is InChI=1S/C23H29N3O3/c1-17-4-7-20(8-5-17)24-22(27)16-25-10-12-26(13-11-25)23(28)15-19-14-18(2)6-9-21(19)29-3/h4-9,14H,10-13,15-16H2,1-3H3,(H,24,27). The van der Waals surface area contributed by atoms with E-state index in [9.17, 15) is 9.59 Å². The lowest BCUT2D eigenvalue weighted by Gasteiger charge is -2.34. The lowest BCUT2D eigenvalue weighted by molar-refractivity contribution is -0.132. The van der Waals surface area contributed by atoms with Crippen molar-refractivity contribution in [2.75, 3.05) is 45.2 Å². The second-order valence-electron chi connectivity index (χ2n) is 7.56. The number of benzene rings is 2. The maximum atomic E-state index is 12.7. The second-order valence-corrected chi connectivity index (χ2v) is 7.56. The summed E-state index contributed by atoms with van der Waals surface area (Å²) in [6.45, 7) is 7.00. The summed E-state index contributed by atoms with van der Waals surface area (Å²) in [6.07, 6.45) is 0.332. The number of hydrogen-bond donors (Lipinski definition) is 1. The number of aryl methyl sites for hydroxylation is 2. The Morgan fingerprint density at radius 3 is 2.28 bits per heavy atom. The van der Waals surface area contributed by atoms with Gasteiger partial charge in [0.05, 0.1) is 20.1 Å². The number of carbonyl (C=O) groups is 2. The van der Waals surface area contributed by atoms with E-state index >= 15 is 0 Å². The van der Waals surface area contributed by atoms with Crippen LogP contribution in [0.5, 0.6) is 5.75 Å².